The minimum Gasteiger partial charge on any atom is -0.288 e. The molecule has 3 aromatic carbocycles. The highest BCUT2D eigenvalue weighted by molar-refractivity contribution is 7.86. The van der Waals surface area contributed by atoms with Crippen molar-refractivity contribution in [3.8, 4) is 0 Å². The van der Waals surface area contributed by atoms with Gasteiger partial charge in [0.2, 0.25) is 0 Å². The van der Waals surface area contributed by atoms with E-state index in [0.29, 0.717) is 0 Å². The minimum atomic E-state index is -4.49. The Labute approximate surface area is 179 Å². The Bertz CT molecular complexity index is 1190. The maximum atomic E-state index is 13.1. The SMILES string of the molecule is O=C(c1c(Cl)c(Cl)c(Cl)c(Cl)c1Cl)c1cccc2c(S(=O)(=O)O)cccc12. The second-order valence-corrected chi connectivity index (χ2v) is 8.69. The molecule has 0 fully saturated rings. The van der Waals surface area contributed by atoms with E-state index in [0.717, 1.165) is 0 Å². The standard InChI is InChI=1S/C17H7Cl5O4S/c18-12-11(13(19)15(21)16(22)14(12)20)17(23)9-5-1-4-8-7(9)3-2-6-10(8)27(24,25)26/h1-6H,(H,24,25,26). The molecule has 3 aromatic rings. The van der Waals surface area contributed by atoms with Crippen molar-refractivity contribution in [3.63, 3.8) is 0 Å². The van der Waals surface area contributed by atoms with Crippen molar-refractivity contribution >= 4 is 84.7 Å². The summed E-state index contributed by atoms with van der Waals surface area (Å²) in [6.07, 6.45) is 0. The van der Waals surface area contributed by atoms with Gasteiger partial charge < -0.3 is 0 Å². The van der Waals surface area contributed by atoms with Crippen LogP contribution in [-0.2, 0) is 10.1 Å². The van der Waals surface area contributed by atoms with Crippen LogP contribution in [0, 0.1) is 0 Å². The summed E-state index contributed by atoms with van der Waals surface area (Å²) >= 11 is 30.3. The van der Waals surface area contributed by atoms with Crippen LogP contribution in [0.1, 0.15) is 15.9 Å². The molecular weight excluding hydrogens is 478 g/mol. The molecule has 27 heavy (non-hydrogen) atoms. The summed E-state index contributed by atoms with van der Waals surface area (Å²) in [6, 6.07) is 8.53. The summed E-state index contributed by atoms with van der Waals surface area (Å²) in [4.78, 5) is 12.8. The fourth-order valence-corrected chi connectivity index (χ4v) is 4.66. The Morgan fingerprint density at radius 2 is 1.22 bits per heavy atom. The van der Waals surface area contributed by atoms with Gasteiger partial charge in [-0.25, -0.2) is 0 Å². The summed E-state index contributed by atoms with van der Waals surface area (Å²) in [5.41, 5.74) is -0.0706. The molecule has 0 radical (unpaired) electrons. The molecule has 0 bridgehead atoms. The van der Waals surface area contributed by atoms with Gasteiger partial charge in [-0.3, -0.25) is 9.35 Å². The zero-order valence-electron chi connectivity index (χ0n) is 12.9. The van der Waals surface area contributed by atoms with Crippen LogP contribution in [0.3, 0.4) is 0 Å². The molecule has 0 saturated carbocycles. The van der Waals surface area contributed by atoms with E-state index in [2.05, 4.69) is 0 Å². The van der Waals surface area contributed by atoms with E-state index in [1.165, 1.54) is 36.4 Å². The minimum absolute atomic E-state index is 0.0866. The Balaban J connectivity index is 2.34. The first-order valence-corrected chi connectivity index (χ1v) is 10.4. The Morgan fingerprint density at radius 1 is 0.741 bits per heavy atom. The molecule has 0 saturated heterocycles. The van der Waals surface area contributed by atoms with E-state index in [4.69, 9.17) is 58.0 Å². The zero-order chi connectivity index (χ0) is 20.1. The number of hydrogen-bond donors (Lipinski definition) is 1. The number of fused-ring (bicyclic) bond motifs is 1. The molecule has 3 rings (SSSR count). The molecule has 0 atom stereocenters. The first kappa shape index (κ1) is 20.7. The summed E-state index contributed by atoms with van der Waals surface area (Å²) in [5.74, 6) is -0.636. The van der Waals surface area contributed by atoms with Crippen LogP contribution in [0.5, 0.6) is 0 Å². The quantitative estimate of drug-likeness (QED) is 0.197. The van der Waals surface area contributed by atoms with Crippen molar-refractivity contribution in [2.24, 2.45) is 0 Å². The number of ketones is 1. The predicted molar refractivity (Wildman–Crippen MR) is 109 cm³/mol. The Morgan fingerprint density at radius 3 is 1.78 bits per heavy atom. The van der Waals surface area contributed by atoms with Crippen molar-refractivity contribution in [2.75, 3.05) is 0 Å². The van der Waals surface area contributed by atoms with Gasteiger partial charge in [0, 0.05) is 10.9 Å². The monoisotopic (exact) mass is 482 g/mol. The van der Waals surface area contributed by atoms with Crippen molar-refractivity contribution in [1.82, 2.24) is 0 Å². The van der Waals surface area contributed by atoms with Crippen LogP contribution in [0.15, 0.2) is 41.3 Å². The lowest BCUT2D eigenvalue weighted by molar-refractivity contribution is 0.104. The lowest BCUT2D eigenvalue weighted by Crippen LogP contribution is -2.06. The van der Waals surface area contributed by atoms with E-state index in [-0.39, 0.29) is 51.9 Å². The second kappa shape index (κ2) is 7.41. The van der Waals surface area contributed by atoms with Gasteiger partial charge >= 0.3 is 0 Å². The highest BCUT2D eigenvalue weighted by Crippen LogP contribution is 2.45. The Hall–Kier alpha value is -1.05. The van der Waals surface area contributed by atoms with Gasteiger partial charge in [0.1, 0.15) is 4.90 Å². The van der Waals surface area contributed by atoms with Gasteiger partial charge in [0.05, 0.1) is 30.7 Å². The summed E-state index contributed by atoms with van der Waals surface area (Å²) < 4.78 is 32.6. The fraction of sp³-hybridized carbons (Fsp3) is 0. The van der Waals surface area contributed by atoms with Crippen molar-refractivity contribution in [1.29, 1.82) is 0 Å². The van der Waals surface area contributed by atoms with Gasteiger partial charge in [0.15, 0.2) is 5.78 Å². The molecule has 0 aromatic heterocycles. The van der Waals surface area contributed by atoms with Crippen LogP contribution in [0.25, 0.3) is 10.8 Å². The smallest absolute Gasteiger partial charge is 0.288 e. The van der Waals surface area contributed by atoms with Crippen molar-refractivity contribution in [3.05, 3.63) is 72.6 Å². The summed E-state index contributed by atoms with van der Waals surface area (Å²) in [6.45, 7) is 0. The van der Waals surface area contributed by atoms with Crippen LogP contribution in [0.2, 0.25) is 25.1 Å². The third kappa shape index (κ3) is 3.54. The molecule has 0 aliphatic rings. The fourth-order valence-electron chi connectivity index (χ4n) is 2.64. The van der Waals surface area contributed by atoms with E-state index >= 15 is 0 Å². The molecule has 0 amide bonds. The predicted octanol–water partition coefficient (Wildman–Crippen LogP) is 6.58. The van der Waals surface area contributed by atoms with Crippen molar-refractivity contribution < 1.29 is 17.8 Å². The molecule has 0 heterocycles. The third-order valence-electron chi connectivity index (χ3n) is 3.84. The van der Waals surface area contributed by atoms with E-state index < -0.39 is 15.9 Å². The molecule has 0 unspecified atom stereocenters. The summed E-state index contributed by atoms with van der Waals surface area (Å²) in [5, 5.41) is -0.273. The van der Waals surface area contributed by atoms with Crippen LogP contribution in [-0.4, -0.2) is 18.8 Å². The van der Waals surface area contributed by atoms with E-state index in [1.54, 1.807) is 0 Å². The molecule has 0 aliphatic carbocycles. The van der Waals surface area contributed by atoms with Gasteiger partial charge in [-0.15, -0.1) is 0 Å². The number of carbonyl (C=O) groups excluding carboxylic acids is 1. The highest BCUT2D eigenvalue weighted by Gasteiger charge is 2.26. The molecule has 0 aliphatic heterocycles. The molecular formula is C17H7Cl5O4S. The average Bonchev–Trinajstić information content (AvgIpc) is 2.63. The number of carbonyl (C=O) groups is 1. The zero-order valence-corrected chi connectivity index (χ0v) is 17.5. The highest BCUT2D eigenvalue weighted by atomic mass is 35.5. The van der Waals surface area contributed by atoms with Gasteiger partial charge in [-0.1, -0.05) is 88.3 Å². The molecule has 10 heteroatoms. The van der Waals surface area contributed by atoms with Crippen molar-refractivity contribution in [2.45, 2.75) is 4.90 Å². The van der Waals surface area contributed by atoms with Crippen LogP contribution < -0.4 is 0 Å². The van der Waals surface area contributed by atoms with Gasteiger partial charge in [0.25, 0.3) is 10.1 Å². The van der Waals surface area contributed by atoms with Crippen LogP contribution in [0.4, 0.5) is 0 Å². The lowest BCUT2D eigenvalue weighted by Gasteiger charge is -2.13. The summed E-state index contributed by atoms with van der Waals surface area (Å²) in [7, 11) is -4.49. The van der Waals surface area contributed by atoms with Gasteiger partial charge in [-0.2, -0.15) is 8.42 Å². The number of halogens is 5. The number of benzene rings is 3. The van der Waals surface area contributed by atoms with Crippen LogP contribution >= 0.6 is 58.0 Å². The first-order valence-electron chi connectivity index (χ1n) is 7.11. The first-order chi connectivity index (χ1) is 12.6. The molecule has 140 valence electrons. The number of rotatable bonds is 3. The van der Waals surface area contributed by atoms with Gasteiger partial charge in [-0.05, 0) is 11.5 Å². The molecule has 4 nitrogen and oxygen atoms in total. The second-order valence-electron chi connectivity index (χ2n) is 5.41. The average molecular weight is 485 g/mol. The topological polar surface area (TPSA) is 71.4 Å². The van der Waals surface area contributed by atoms with E-state index in [9.17, 15) is 17.8 Å². The third-order valence-corrected chi connectivity index (χ3v) is 7.03. The maximum Gasteiger partial charge on any atom is 0.295 e. The largest absolute Gasteiger partial charge is 0.295 e. The Kier molecular flexibility index (Phi) is 5.67. The lowest BCUT2D eigenvalue weighted by atomic mass is 9.97. The normalized spacial score (nSPS) is 11.8. The molecule has 1 N–H and O–H groups in total. The number of hydrogen-bond acceptors (Lipinski definition) is 3. The van der Waals surface area contributed by atoms with E-state index in [1.807, 2.05) is 0 Å². The maximum absolute atomic E-state index is 13.1. The molecule has 0 spiro atoms.